The number of carbonyl (C=O) groups excluding carboxylic acids is 1. The second kappa shape index (κ2) is 13.0. The maximum Gasteiger partial charge on any atom is 0.259 e. The number of rotatable bonds is 11. The average Bonchev–Trinajstić information content (AvgIpc) is 3.39. The molecule has 2 atom stereocenters. The third-order valence-electron chi connectivity index (χ3n) is 7.62. The number of carbonyl (C=O) groups is 1. The summed E-state index contributed by atoms with van der Waals surface area (Å²) in [7, 11) is 0. The summed E-state index contributed by atoms with van der Waals surface area (Å²) in [6.07, 6.45) is 2.80. The van der Waals surface area contributed by atoms with Crippen molar-refractivity contribution in [1.82, 2.24) is 29.8 Å². The van der Waals surface area contributed by atoms with Crippen molar-refractivity contribution in [3.8, 4) is 17.0 Å². The van der Waals surface area contributed by atoms with Crippen molar-refractivity contribution in [2.45, 2.75) is 57.3 Å². The molecule has 12 nitrogen and oxygen atoms in total. The summed E-state index contributed by atoms with van der Waals surface area (Å²) in [6, 6.07) is 6.07. The summed E-state index contributed by atoms with van der Waals surface area (Å²) < 4.78 is 48.6. The van der Waals surface area contributed by atoms with E-state index in [-0.39, 0.29) is 24.7 Å². The minimum atomic E-state index is -2.52. The van der Waals surface area contributed by atoms with Crippen LogP contribution in [0.25, 0.3) is 22.4 Å². The number of pyridine rings is 1. The number of nitrogens with zero attached hydrogens (tertiary/aromatic N) is 6. The number of hydrogen-bond donors (Lipinski definition) is 4. The predicted octanol–water partition coefficient (Wildman–Crippen LogP) is 2.80. The Bertz CT molecular complexity index is 1630. The van der Waals surface area contributed by atoms with Gasteiger partial charge in [-0.2, -0.15) is 0 Å². The van der Waals surface area contributed by atoms with Crippen LogP contribution in [0.2, 0.25) is 0 Å². The smallest absolute Gasteiger partial charge is 0.259 e. The first-order valence-corrected chi connectivity index (χ1v) is 14.2. The highest BCUT2D eigenvalue weighted by Gasteiger charge is 2.35. The number of nitrogens with one attached hydrogen (secondary N) is 1. The number of hydrogen-bond acceptors (Lipinski definition) is 10. The van der Waals surface area contributed by atoms with Gasteiger partial charge in [0.2, 0.25) is 6.43 Å². The van der Waals surface area contributed by atoms with Crippen LogP contribution < -0.4 is 32.2 Å². The van der Waals surface area contributed by atoms with E-state index in [2.05, 4.69) is 25.3 Å². The largest absolute Gasteiger partial charge is 0.481 e. The molecular formula is C29H35F3N10O2. The Morgan fingerprint density at radius 3 is 2.80 bits per heavy atom. The van der Waals surface area contributed by atoms with Crippen molar-refractivity contribution in [3.05, 3.63) is 54.5 Å². The van der Waals surface area contributed by atoms with Gasteiger partial charge in [-0.05, 0) is 49.1 Å². The van der Waals surface area contributed by atoms with Crippen molar-refractivity contribution in [2.75, 3.05) is 30.3 Å². The van der Waals surface area contributed by atoms with Gasteiger partial charge in [0.05, 0.1) is 36.6 Å². The van der Waals surface area contributed by atoms with Crippen LogP contribution in [0.4, 0.5) is 24.7 Å². The van der Waals surface area contributed by atoms with Gasteiger partial charge in [0.15, 0.2) is 29.6 Å². The molecule has 1 aliphatic heterocycles. The summed E-state index contributed by atoms with van der Waals surface area (Å²) in [5, 5.41) is 2.56. The Hall–Kier alpha value is -4.50. The zero-order valence-corrected chi connectivity index (χ0v) is 24.2. The lowest BCUT2D eigenvalue weighted by atomic mass is 9.86. The number of nitrogen functional groups attached to an aromatic ring is 1. The molecule has 234 valence electrons. The predicted molar refractivity (Wildman–Crippen MR) is 159 cm³/mol. The molecule has 4 heterocycles. The minimum absolute atomic E-state index is 0.126. The molecule has 1 saturated heterocycles. The SMILES string of the molecule is CC[C@@H](N)NC(=O)COc1cc(-c2cc(Cn3cnc4c(N)ncnc43)c(N3CCC[C@](N)(CC(F)F)C3)cn2)ccc1F. The van der Waals surface area contributed by atoms with E-state index in [0.717, 1.165) is 5.56 Å². The number of alkyl halides is 2. The van der Waals surface area contributed by atoms with Crippen LogP contribution in [-0.2, 0) is 11.3 Å². The Morgan fingerprint density at radius 1 is 1.20 bits per heavy atom. The fourth-order valence-corrected chi connectivity index (χ4v) is 5.36. The van der Waals surface area contributed by atoms with Gasteiger partial charge in [0, 0.05) is 30.6 Å². The molecule has 44 heavy (non-hydrogen) atoms. The number of ether oxygens (including phenoxy) is 1. The number of nitrogens with two attached hydrogens (primary N) is 3. The van der Waals surface area contributed by atoms with E-state index in [1.54, 1.807) is 23.2 Å². The van der Waals surface area contributed by atoms with Crippen LogP contribution in [0.1, 0.15) is 38.2 Å². The summed E-state index contributed by atoms with van der Waals surface area (Å²) in [5.74, 6) is -1.01. The fraction of sp³-hybridized carbons (Fsp3) is 0.414. The highest BCUT2D eigenvalue weighted by atomic mass is 19.3. The van der Waals surface area contributed by atoms with Gasteiger partial charge in [0.1, 0.15) is 11.8 Å². The number of anilines is 2. The maximum atomic E-state index is 14.6. The minimum Gasteiger partial charge on any atom is -0.481 e. The molecule has 0 unspecified atom stereocenters. The van der Waals surface area contributed by atoms with Crippen molar-refractivity contribution in [3.63, 3.8) is 0 Å². The number of amides is 1. The van der Waals surface area contributed by atoms with Crippen LogP contribution in [0.15, 0.2) is 43.1 Å². The van der Waals surface area contributed by atoms with Crippen LogP contribution in [0.3, 0.4) is 0 Å². The van der Waals surface area contributed by atoms with E-state index in [9.17, 15) is 18.0 Å². The molecule has 1 amide bonds. The number of aromatic nitrogens is 5. The Kier molecular flexibility index (Phi) is 9.15. The zero-order chi connectivity index (χ0) is 31.4. The molecule has 0 radical (unpaired) electrons. The third-order valence-corrected chi connectivity index (χ3v) is 7.62. The molecule has 0 saturated carbocycles. The molecule has 15 heteroatoms. The fourth-order valence-electron chi connectivity index (χ4n) is 5.36. The maximum absolute atomic E-state index is 14.6. The molecule has 1 aromatic carbocycles. The quantitative estimate of drug-likeness (QED) is 0.184. The molecule has 7 N–H and O–H groups in total. The van der Waals surface area contributed by atoms with E-state index in [0.29, 0.717) is 53.9 Å². The van der Waals surface area contributed by atoms with Crippen molar-refractivity contribution in [1.29, 1.82) is 0 Å². The lowest BCUT2D eigenvalue weighted by Gasteiger charge is -2.42. The Morgan fingerprint density at radius 2 is 2.02 bits per heavy atom. The second-order valence-corrected chi connectivity index (χ2v) is 11.0. The highest BCUT2D eigenvalue weighted by Crippen LogP contribution is 2.34. The number of benzene rings is 1. The van der Waals surface area contributed by atoms with E-state index in [1.807, 2.05) is 17.9 Å². The first-order chi connectivity index (χ1) is 21.0. The van der Waals surface area contributed by atoms with E-state index in [1.165, 1.54) is 18.5 Å². The standard InChI is InChI=1S/C29H35F3N10O2/c1-2-24(33)40-25(43)13-44-22-9-17(4-5-19(22)30)20-8-18(12-42-16-39-26-27(34)37-15-38-28(26)42)21(11-36-20)41-7-3-6-29(35,14-41)10-23(31)32/h4-5,8-9,11,15-16,23-24H,2-3,6-7,10,12-14,33,35H2,1H3,(H,40,43)(H2,34,37,38)/t24-,29-/m0/s1. The molecule has 0 spiro atoms. The number of fused-ring (bicyclic) bond motifs is 1. The Balaban J connectivity index is 1.49. The molecule has 4 aromatic rings. The van der Waals surface area contributed by atoms with Gasteiger partial charge >= 0.3 is 0 Å². The summed E-state index contributed by atoms with van der Waals surface area (Å²) in [4.78, 5) is 31.4. The van der Waals surface area contributed by atoms with E-state index in [4.69, 9.17) is 21.9 Å². The molecule has 0 aliphatic carbocycles. The normalized spacial score (nSPS) is 17.7. The number of imidazole rings is 1. The second-order valence-electron chi connectivity index (χ2n) is 11.0. The Labute approximate surface area is 251 Å². The summed E-state index contributed by atoms with van der Waals surface area (Å²) >= 11 is 0. The molecule has 1 fully saturated rings. The van der Waals surface area contributed by atoms with E-state index < -0.39 is 42.9 Å². The van der Waals surface area contributed by atoms with Gasteiger partial charge in [-0.3, -0.25) is 9.78 Å². The van der Waals surface area contributed by atoms with Gasteiger partial charge in [-0.25, -0.2) is 28.1 Å². The van der Waals surface area contributed by atoms with Crippen molar-refractivity contribution in [2.24, 2.45) is 11.5 Å². The van der Waals surface area contributed by atoms with Crippen molar-refractivity contribution >= 4 is 28.6 Å². The lowest BCUT2D eigenvalue weighted by Crippen LogP contribution is -2.55. The number of piperidine rings is 1. The first kappa shape index (κ1) is 30.9. The average molecular weight is 613 g/mol. The van der Waals surface area contributed by atoms with Crippen LogP contribution in [0, 0.1) is 5.82 Å². The summed E-state index contributed by atoms with van der Waals surface area (Å²) in [6.45, 7) is 2.51. The first-order valence-electron chi connectivity index (χ1n) is 14.2. The van der Waals surface area contributed by atoms with Crippen LogP contribution >= 0.6 is 0 Å². The van der Waals surface area contributed by atoms with Crippen molar-refractivity contribution < 1.29 is 22.7 Å². The van der Waals surface area contributed by atoms with Gasteiger partial charge in [-0.1, -0.05) is 6.92 Å². The van der Waals surface area contributed by atoms with Gasteiger partial charge < -0.3 is 36.7 Å². The topological polar surface area (TPSA) is 176 Å². The highest BCUT2D eigenvalue weighted by molar-refractivity contribution is 5.81. The monoisotopic (exact) mass is 612 g/mol. The zero-order valence-electron chi connectivity index (χ0n) is 24.2. The molecule has 5 rings (SSSR count). The number of halogens is 3. The third kappa shape index (κ3) is 7.00. The van der Waals surface area contributed by atoms with Crippen LogP contribution in [-0.4, -0.2) is 68.2 Å². The molecular weight excluding hydrogens is 577 g/mol. The van der Waals surface area contributed by atoms with Gasteiger partial charge in [-0.15, -0.1) is 0 Å². The molecule has 1 aliphatic rings. The van der Waals surface area contributed by atoms with Gasteiger partial charge in [0.25, 0.3) is 5.91 Å². The molecule has 3 aromatic heterocycles. The lowest BCUT2D eigenvalue weighted by molar-refractivity contribution is -0.123. The van der Waals surface area contributed by atoms with Crippen LogP contribution in [0.5, 0.6) is 5.75 Å². The van der Waals surface area contributed by atoms with E-state index >= 15 is 0 Å². The molecule has 0 bridgehead atoms. The summed E-state index contributed by atoms with van der Waals surface area (Å²) in [5.41, 5.74) is 20.6.